The smallest absolute Gasteiger partial charge is 0.338 e. The summed E-state index contributed by atoms with van der Waals surface area (Å²) in [5.74, 6) is -0.438. The highest BCUT2D eigenvalue weighted by molar-refractivity contribution is 5.89. The van der Waals surface area contributed by atoms with Crippen molar-refractivity contribution in [1.29, 1.82) is 0 Å². The molecule has 0 aromatic heterocycles. The van der Waals surface area contributed by atoms with Gasteiger partial charge in [0.05, 0.1) is 12.2 Å². The standard InChI is InChI=1S/C16H24O6/c17-9-2-1-8-15(22-20)13-6-5-7-14(12-13)16(19)21-11-4-3-10-18/h5-7,12,15,17-18,20H,1-4,8-11H2. The maximum Gasteiger partial charge on any atom is 0.338 e. The van der Waals surface area contributed by atoms with E-state index in [9.17, 15) is 4.79 Å². The number of carbonyl (C=O) groups excluding carboxylic acids is 1. The molecule has 3 N–H and O–H groups in total. The molecule has 22 heavy (non-hydrogen) atoms. The van der Waals surface area contributed by atoms with Crippen molar-refractivity contribution < 1.29 is 29.9 Å². The summed E-state index contributed by atoms with van der Waals surface area (Å²) in [5, 5.41) is 26.5. The minimum absolute atomic E-state index is 0.0798. The molecule has 0 saturated carbocycles. The normalized spacial score (nSPS) is 12.1. The first-order valence-corrected chi connectivity index (χ1v) is 7.52. The molecule has 0 fully saturated rings. The highest BCUT2D eigenvalue weighted by Crippen LogP contribution is 2.23. The number of carbonyl (C=O) groups is 1. The molecule has 124 valence electrons. The van der Waals surface area contributed by atoms with Crippen LogP contribution in [0.2, 0.25) is 0 Å². The second kappa shape index (κ2) is 11.1. The van der Waals surface area contributed by atoms with E-state index in [1.54, 1.807) is 24.3 Å². The number of aliphatic hydroxyl groups excluding tert-OH is 2. The number of hydrogen-bond acceptors (Lipinski definition) is 6. The second-order valence-electron chi connectivity index (χ2n) is 5.01. The van der Waals surface area contributed by atoms with E-state index in [2.05, 4.69) is 4.89 Å². The lowest BCUT2D eigenvalue weighted by Crippen LogP contribution is -2.09. The average Bonchev–Trinajstić information content (AvgIpc) is 2.55. The van der Waals surface area contributed by atoms with Crippen molar-refractivity contribution in [2.24, 2.45) is 0 Å². The molecule has 6 heteroatoms. The van der Waals surface area contributed by atoms with Gasteiger partial charge in [-0.25, -0.2) is 9.68 Å². The highest BCUT2D eigenvalue weighted by Gasteiger charge is 2.15. The predicted octanol–water partition coefficient (Wildman–Crippen LogP) is 2.31. The summed E-state index contributed by atoms with van der Waals surface area (Å²) in [6.45, 7) is 0.439. The molecule has 1 aromatic carbocycles. The zero-order valence-corrected chi connectivity index (χ0v) is 12.6. The van der Waals surface area contributed by atoms with Crippen LogP contribution in [-0.4, -0.2) is 41.3 Å². The van der Waals surface area contributed by atoms with Crippen LogP contribution in [0.15, 0.2) is 24.3 Å². The van der Waals surface area contributed by atoms with Gasteiger partial charge in [-0.1, -0.05) is 12.1 Å². The van der Waals surface area contributed by atoms with Gasteiger partial charge in [0, 0.05) is 13.2 Å². The fourth-order valence-corrected chi connectivity index (χ4v) is 2.05. The van der Waals surface area contributed by atoms with Gasteiger partial charge in [-0.15, -0.1) is 0 Å². The summed E-state index contributed by atoms with van der Waals surface area (Å²) >= 11 is 0. The lowest BCUT2D eigenvalue weighted by atomic mass is 10.0. The number of ether oxygens (including phenoxy) is 1. The van der Waals surface area contributed by atoms with Gasteiger partial charge in [0.15, 0.2) is 0 Å². The van der Waals surface area contributed by atoms with Crippen molar-refractivity contribution in [2.45, 2.75) is 38.2 Å². The van der Waals surface area contributed by atoms with E-state index in [0.29, 0.717) is 43.2 Å². The number of benzene rings is 1. The summed E-state index contributed by atoms with van der Waals surface area (Å²) in [6, 6.07) is 6.74. The van der Waals surface area contributed by atoms with Crippen molar-refractivity contribution in [3.05, 3.63) is 35.4 Å². The minimum Gasteiger partial charge on any atom is -0.462 e. The summed E-state index contributed by atoms with van der Waals surface area (Å²) in [4.78, 5) is 16.4. The fourth-order valence-electron chi connectivity index (χ4n) is 2.05. The van der Waals surface area contributed by atoms with Gasteiger partial charge >= 0.3 is 5.97 Å². The molecule has 1 rings (SSSR count). The molecule has 0 radical (unpaired) electrons. The minimum atomic E-state index is -0.534. The van der Waals surface area contributed by atoms with Crippen LogP contribution in [0, 0.1) is 0 Å². The van der Waals surface area contributed by atoms with Gasteiger partial charge in [-0.3, -0.25) is 5.26 Å². The third-order valence-electron chi connectivity index (χ3n) is 3.28. The molecule has 0 saturated heterocycles. The Kier molecular flexibility index (Phi) is 9.41. The van der Waals surface area contributed by atoms with Crippen molar-refractivity contribution in [3.8, 4) is 0 Å². The molecule has 0 amide bonds. The van der Waals surface area contributed by atoms with E-state index in [1.165, 1.54) is 0 Å². The number of aliphatic hydroxyl groups is 2. The molecule has 0 bridgehead atoms. The van der Waals surface area contributed by atoms with Gasteiger partial charge in [0.2, 0.25) is 0 Å². The number of rotatable bonds is 11. The summed E-state index contributed by atoms with van der Waals surface area (Å²) in [6.07, 6.45) is 2.56. The summed E-state index contributed by atoms with van der Waals surface area (Å²) in [7, 11) is 0. The first kappa shape index (κ1) is 18.6. The molecular formula is C16H24O6. The van der Waals surface area contributed by atoms with Crippen LogP contribution in [0.5, 0.6) is 0 Å². The number of esters is 1. The van der Waals surface area contributed by atoms with E-state index in [1.807, 2.05) is 0 Å². The first-order valence-electron chi connectivity index (χ1n) is 7.52. The van der Waals surface area contributed by atoms with Gasteiger partial charge in [-0.2, -0.15) is 0 Å². The van der Waals surface area contributed by atoms with E-state index >= 15 is 0 Å². The van der Waals surface area contributed by atoms with Crippen LogP contribution >= 0.6 is 0 Å². The van der Waals surface area contributed by atoms with Crippen LogP contribution in [-0.2, 0) is 9.62 Å². The molecule has 6 nitrogen and oxygen atoms in total. The van der Waals surface area contributed by atoms with E-state index in [0.717, 1.165) is 0 Å². The number of unbranched alkanes of at least 4 members (excludes halogenated alkanes) is 2. The van der Waals surface area contributed by atoms with Crippen LogP contribution in [0.25, 0.3) is 0 Å². The maximum absolute atomic E-state index is 11.9. The molecule has 0 aliphatic heterocycles. The van der Waals surface area contributed by atoms with Gasteiger partial charge < -0.3 is 14.9 Å². The van der Waals surface area contributed by atoms with Crippen molar-refractivity contribution >= 4 is 5.97 Å². The molecular weight excluding hydrogens is 288 g/mol. The van der Waals surface area contributed by atoms with Crippen molar-refractivity contribution in [3.63, 3.8) is 0 Å². The predicted molar refractivity (Wildman–Crippen MR) is 80.4 cm³/mol. The second-order valence-corrected chi connectivity index (χ2v) is 5.01. The molecule has 0 heterocycles. The maximum atomic E-state index is 11.9. The molecule has 0 aliphatic carbocycles. The lowest BCUT2D eigenvalue weighted by molar-refractivity contribution is -0.283. The number of hydrogen-bond donors (Lipinski definition) is 3. The Hall–Kier alpha value is -1.47. The molecule has 1 atom stereocenters. The molecule has 1 aromatic rings. The molecule has 0 spiro atoms. The van der Waals surface area contributed by atoms with Gasteiger partial charge in [0.1, 0.15) is 6.10 Å². The summed E-state index contributed by atoms with van der Waals surface area (Å²) < 4.78 is 5.11. The first-order chi connectivity index (χ1) is 10.7. The Morgan fingerprint density at radius 2 is 1.82 bits per heavy atom. The van der Waals surface area contributed by atoms with Crippen molar-refractivity contribution in [2.75, 3.05) is 19.8 Å². The fraction of sp³-hybridized carbons (Fsp3) is 0.562. The molecule has 0 aliphatic rings. The van der Waals surface area contributed by atoms with E-state index < -0.39 is 12.1 Å². The van der Waals surface area contributed by atoms with Crippen LogP contribution < -0.4 is 0 Å². The Balaban J connectivity index is 2.61. The largest absolute Gasteiger partial charge is 0.462 e. The zero-order valence-electron chi connectivity index (χ0n) is 12.6. The SMILES string of the molecule is O=C(OCCCCO)c1cccc(C(CCCCO)OO)c1. The Morgan fingerprint density at radius 1 is 1.09 bits per heavy atom. The summed E-state index contributed by atoms with van der Waals surface area (Å²) in [5.41, 5.74) is 1.08. The topological polar surface area (TPSA) is 96.2 Å². The Labute approximate surface area is 130 Å². The monoisotopic (exact) mass is 312 g/mol. The van der Waals surface area contributed by atoms with Crippen molar-refractivity contribution in [1.82, 2.24) is 0 Å². The molecule has 1 unspecified atom stereocenters. The van der Waals surface area contributed by atoms with E-state index in [4.69, 9.17) is 20.2 Å². The van der Waals surface area contributed by atoms with Crippen LogP contribution in [0.1, 0.15) is 54.1 Å². The third kappa shape index (κ3) is 6.53. The Bertz CT molecular complexity index is 434. The van der Waals surface area contributed by atoms with E-state index in [-0.39, 0.29) is 19.8 Å². The zero-order chi connectivity index (χ0) is 16.2. The third-order valence-corrected chi connectivity index (χ3v) is 3.28. The highest BCUT2D eigenvalue weighted by atomic mass is 17.1. The van der Waals surface area contributed by atoms with Crippen LogP contribution in [0.3, 0.4) is 0 Å². The van der Waals surface area contributed by atoms with Gasteiger partial charge in [0.25, 0.3) is 0 Å². The van der Waals surface area contributed by atoms with Crippen LogP contribution in [0.4, 0.5) is 0 Å². The lowest BCUT2D eigenvalue weighted by Gasteiger charge is -2.14. The Morgan fingerprint density at radius 3 is 2.50 bits per heavy atom. The quantitative estimate of drug-likeness (QED) is 0.251. The average molecular weight is 312 g/mol. The van der Waals surface area contributed by atoms with Gasteiger partial charge in [-0.05, 0) is 49.8 Å².